The fourth-order valence-corrected chi connectivity index (χ4v) is 3.13. The lowest BCUT2D eigenvalue weighted by Gasteiger charge is -2.29. The third kappa shape index (κ3) is 3.23. The molecule has 0 saturated carbocycles. The van der Waals surface area contributed by atoms with Gasteiger partial charge in [0.15, 0.2) is 5.92 Å². The molecule has 1 unspecified atom stereocenters. The van der Waals surface area contributed by atoms with E-state index in [1.807, 2.05) is 6.92 Å². The van der Waals surface area contributed by atoms with Gasteiger partial charge in [-0.3, -0.25) is 14.9 Å². The zero-order valence-electron chi connectivity index (χ0n) is 15.2. The van der Waals surface area contributed by atoms with Crippen molar-refractivity contribution in [3.63, 3.8) is 0 Å². The van der Waals surface area contributed by atoms with Crippen molar-refractivity contribution in [2.24, 2.45) is 10.9 Å². The number of dihydropyridines is 1. The van der Waals surface area contributed by atoms with Gasteiger partial charge in [-0.15, -0.1) is 4.99 Å². The highest BCUT2D eigenvalue weighted by Crippen LogP contribution is 2.29. The van der Waals surface area contributed by atoms with Crippen LogP contribution < -0.4 is 0 Å². The van der Waals surface area contributed by atoms with E-state index < -0.39 is 22.8 Å². The van der Waals surface area contributed by atoms with Gasteiger partial charge in [0, 0.05) is 17.7 Å². The number of amides is 3. The summed E-state index contributed by atoms with van der Waals surface area (Å²) < 4.78 is 6.97. The number of nitrogens with zero attached hydrogens (tertiary/aromatic N) is 4. The highest BCUT2D eigenvalue weighted by atomic mass is 16.6. The van der Waals surface area contributed by atoms with Gasteiger partial charge in [-0.25, -0.2) is 4.79 Å². The smallest absolute Gasteiger partial charge is 0.445 e. The fourth-order valence-electron chi connectivity index (χ4n) is 3.13. The molecule has 1 atom stereocenters. The summed E-state index contributed by atoms with van der Waals surface area (Å²) in [6.45, 7) is 3.91. The third-order valence-electron chi connectivity index (χ3n) is 4.44. The van der Waals surface area contributed by atoms with Gasteiger partial charge in [-0.2, -0.15) is 9.48 Å². The molecule has 9 nitrogen and oxygen atoms in total. The van der Waals surface area contributed by atoms with Crippen LogP contribution in [-0.2, 0) is 16.1 Å². The molecule has 2 heterocycles. The summed E-state index contributed by atoms with van der Waals surface area (Å²) in [5, 5.41) is 11.0. The number of hydrogen-bond acceptors (Lipinski definition) is 6. The lowest BCUT2D eigenvalue weighted by atomic mass is 9.96. The Balaban J connectivity index is 1.99. The van der Waals surface area contributed by atoms with Crippen LogP contribution >= 0.6 is 0 Å². The van der Waals surface area contributed by atoms with Crippen LogP contribution in [0.25, 0.3) is 0 Å². The molecule has 0 bridgehead atoms. The summed E-state index contributed by atoms with van der Waals surface area (Å²) >= 11 is 0. The van der Waals surface area contributed by atoms with Crippen LogP contribution in [0.15, 0.2) is 40.6 Å². The van der Waals surface area contributed by atoms with Gasteiger partial charge in [0.25, 0.3) is 11.5 Å². The first-order valence-electron chi connectivity index (χ1n) is 8.42. The van der Waals surface area contributed by atoms with E-state index in [1.54, 1.807) is 26.3 Å². The lowest BCUT2D eigenvalue weighted by Crippen LogP contribution is -2.54. The molecule has 2 aliphatic rings. The van der Waals surface area contributed by atoms with Crippen LogP contribution in [0.5, 0.6) is 0 Å². The van der Waals surface area contributed by atoms with Gasteiger partial charge in [-0.1, -0.05) is 12.1 Å². The number of carbonyl (C=O) groups is 2. The molecule has 9 heteroatoms. The molecule has 0 spiro atoms. The minimum atomic E-state index is -0.809. The molecular formula is C18H19N4O5+. The predicted molar refractivity (Wildman–Crippen MR) is 96.5 cm³/mol. The van der Waals surface area contributed by atoms with E-state index in [0.717, 1.165) is 10.5 Å². The zero-order chi connectivity index (χ0) is 19.7. The van der Waals surface area contributed by atoms with Crippen LogP contribution in [0.3, 0.4) is 0 Å². The average molecular weight is 371 g/mol. The molecule has 0 saturated heterocycles. The summed E-state index contributed by atoms with van der Waals surface area (Å²) in [5.41, 5.74) is 1.11. The molecule has 0 N–H and O–H groups in total. The second-order valence-corrected chi connectivity index (χ2v) is 6.22. The summed E-state index contributed by atoms with van der Waals surface area (Å²) in [6.07, 6.45) is 1.57. The third-order valence-corrected chi connectivity index (χ3v) is 4.44. The number of aliphatic imine (C=N–C) groups is 1. The lowest BCUT2D eigenvalue weighted by molar-refractivity contribution is -0.409. The Kier molecular flexibility index (Phi) is 4.85. The summed E-state index contributed by atoms with van der Waals surface area (Å²) in [6, 6.07) is 5.33. The largest absolute Gasteiger partial charge is 0.496 e. The van der Waals surface area contributed by atoms with Gasteiger partial charge in [0.1, 0.15) is 18.5 Å². The molecule has 1 aromatic rings. The van der Waals surface area contributed by atoms with E-state index in [2.05, 4.69) is 4.99 Å². The van der Waals surface area contributed by atoms with Crippen molar-refractivity contribution < 1.29 is 23.8 Å². The van der Waals surface area contributed by atoms with Crippen LogP contribution in [0.2, 0.25) is 0 Å². The van der Waals surface area contributed by atoms with Crippen molar-refractivity contribution in [1.29, 1.82) is 0 Å². The highest BCUT2D eigenvalue weighted by molar-refractivity contribution is 6.16. The Morgan fingerprint density at radius 1 is 1.37 bits per heavy atom. The van der Waals surface area contributed by atoms with E-state index >= 15 is 0 Å². The number of benzene rings is 1. The number of non-ortho nitro benzene ring substituents is 1. The van der Waals surface area contributed by atoms with Crippen molar-refractivity contribution in [3.05, 3.63) is 51.3 Å². The van der Waals surface area contributed by atoms with E-state index in [4.69, 9.17) is 4.74 Å². The number of carbonyl (C=O) groups excluding carboxylic acids is 2. The molecule has 0 radical (unpaired) electrons. The molecule has 2 aliphatic heterocycles. The topological polar surface area (TPSA) is 105 Å². The number of urea groups is 1. The quantitative estimate of drug-likeness (QED) is 0.448. The van der Waals surface area contributed by atoms with Crippen LogP contribution in [0.4, 0.5) is 10.5 Å². The number of ether oxygens (including phenoxy) is 1. The number of hydrogen-bond donors (Lipinski definition) is 0. The normalized spacial score (nSPS) is 19.5. The van der Waals surface area contributed by atoms with Crippen LogP contribution in [-0.4, -0.2) is 52.0 Å². The molecular weight excluding hydrogens is 352 g/mol. The number of nitro groups is 1. The van der Waals surface area contributed by atoms with Crippen LogP contribution in [0, 0.1) is 16.0 Å². The van der Waals surface area contributed by atoms with E-state index in [1.165, 1.54) is 22.8 Å². The maximum Gasteiger partial charge on any atom is 0.445 e. The van der Waals surface area contributed by atoms with Gasteiger partial charge in [-0.05, 0) is 19.4 Å². The van der Waals surface area contributed by atoms with Gasteiger partial charge in [0.2, 0.25) is 0 Å². The first-order chi connectivity index (χ1) is 12.8. The SMILES string of the molecule is CCOC1=C(C)C=NC2=[N+](C)C(=O)N(Cc3cccc([N+](=O)[O-])c3)C(=O)C12. The minimum Gasteiger partial charge on any atom is -0.496 e. The van der Waals surface area contributed by atoms with Crippen LogP contribution in [0.1, 0.15) is 19.4 Å². The predicted octanol–water partition coefficient (Wildman–Crippen LogP) is 2.11. The van der Waals surface area contributed by atoms with E-state index in [9.17, 15) is 19.7 Å². The molecule has 0 aliphatic carbocycles. The molecule has 140 valence electrons. The summed E-state index contributed by atoms with van der Waals surface area (Å²) in [7, 11) is 1.54. The van der Waals surface area contributed by atoms with Crippen molar-refractivity contribution in [3.8, 4) is 0 Å². The van der Waals surface area contributed by atoms with Crippen molar-refractivity contribution in [1.82, 2.24) is 4.90 Å². The maximum absolute atomic E-state index is 13.1. The summed E-state index contributed by atoms with van der Waals surface area (Å²) in [4.78, 5) is 41.6. The monoisotopic (exact) mass is 371 g/mol. The van der Waals surface area contributed by atoms with Crippen molar-refractivity contribution in [2.75, 3.05) is 13.7 Å². The van der Waals surface area contributed by atoms with Crippen molar-refractivity contribution >= 4 is 29.7 Å². The fraction of sp³-hybridized carbons (Fsp3) is 0.333. The Bertz CT molecular complexity index is 931. The molecule has 1 aromatic carbocycles. The molecule has 0 fully saturated rings. The maximum atomic E-state index is 13.1. The minimum absolute atomic E-state index is 0.0738. The highest BCUT2D eigenvalue weighted by Gasteiger charge is 2.50. The molecule has 3 amide bonds. The number of allylic oxidation sites excluding steroid dienone is 1. The number of amidine groups is 1. The molecule has 3 rings (SSSR count). The number of nitro benzene ring substituents is 1. The first-order valence-corrected chi connectivity index (χ1v) is 8.42. The van der Waals surface area contributed by atoms with Gasteiger partial charge < -0.3 is 4.74 Å². The molecule has 27 heavy (non-hydrogen) atoms. The van der Waals surface area contributed by atoms with Crippen molar-refractivity contribution in [2.45, 2.75) is 20.4 Å². The average Bonchev–Trinajstić information content (AvgIpc) is 2.65. The Morgan fingerprint density at radius 2 is 2.11 bits per heavy atom. The van der Waals surface area contributed by atoms with Gasteiger partial charge >= 0.3 is 11.9 Å². The second kappa shape index (κ2) is 7.10. The van der Waals surface area contributed by atoms with Gasteiger partial charge in [0.05, 0.1) is 18.6 Å². The summed E-state index contributed by atoms with van der Waals surface area (Å²) in [5.74, 6) is -0.485. The Labute approximate surface area is 155 Å². The van der Waals surface area contributed by atoms with E-state index in [0.29, 0.717) is 23.8 Å². The standard InChI is InChI=1S/C18H19N4O5/c1-4-27-15-11(2)9-19-16-14(15)17(23)21(18(24)20(16)3)10-12-6-5-7-13(8-12)22(25)26/h5-9,14H,4,10H2,1-3H3/q+1. The number of rotatable bonds is 5. The van der Waals surface area contributed by atoms with E-state index in [-0.39, 0.29) is 12.2 Å². The number of fused-ring (bicyclic) bond motifs is 1. The molecule has 0 aromatic heterocycles. The Hall–Kier alpha value is -3.36. The number of imide groups is 1. The zero-order valence-corrected chi connectivity index (χ0v) is 15.2. The first kappa shape index (κ1) is 18.4. The second-order valence-electron chi connectivity index (χ2n) is 6.22. The Morgan fingerprint density at radius 3 is 2.78 bits per heavy atom.